The number of carbonyl (C=O) groups is 2. The molecule has 0 atom stereocenters. The lowest BCUT2D eigenvalue weighted by Crippen LogP contribution is -2.48. The summed E-state index contributed by atoms with van der Waals surface area (Å²) < 4.78 is 7.39. The third kappa shape index (κ3) is 2.64. The standard InChI is InChI=1S/C18H19N3O3/c22-16(14-3-5-15(6-4-14)20-9-1-2-10-20)21-11-7-18(8-12-21)13-19-17(23)24-18/h1-6,9-10H,7-8,11-13H2,(H,19,23). The van der Waals surface area contributed by atoms with E-state index >= 15 is 0 Å². The Morgan fingerprint density at radius 3 is 2.33 bits per heavy atom. The Bertz CT molecular complexity index is 744. The maximum Gasteiger partial charge on any atom is 0.407 e. The fourth-order valence-corrected chi connectivity index (χ4v) is 3.36. The van der Waals surface area contributed by atoms with Crippen molar-refractivity contribution in [1.82, 2.24) is 14.8 Å². The summed E-state index contributed by atoms with van der Waals surface area (Å²) in [5.74, 6) is 0.0289. The van der Waals surface area contributed by atoms with Crippen molar-refractivity contribution in [2.24, 2.45) is 0 Å². The topological polar surface area (TPSA) is 63.6 Å². The lowest BCUT2D eigenvalue weighted by atomic mass is 9.91. The van der Waals surface area contributed by atoms with Gasteiger partial charge in [0.05, 0.1) is 6.54 Å². The fourth-order valence-electron chi connectivity index (χ4n) is 3.36. The van der Waals surface area contributed by atoms with Gasteiger partial charge in [-0.2, -0.15) is 0 Å². The van der Waals surface area contributed by atoms with Gasteiger partial charge in [-0.15, -0.1) is 0 Å². The average Bonchev–Trinajstić information content (AvgIpc) is 3.26. The van der Waals surface area contributed by atoms with E-state index in [9.17, 15) is 9.59 Å². The fraction of sp³-hybridized carbons (Fsp3) is 0.333. The van der Waals surface area contributed by atoms with Crippen LogP contribution in [0.2, 0.25) is 0 Å². The van der Waals surface area contributed by atoms with Crippen LogP contribution in [-0.4, -0.2) is 46.7 Å². The van der Waals surface area contributed by atoms with Gasteiger partial charge >= 0.3 is 6.09 Å². The molecule has 1 N–H and O–H groups in total. The van der Waals surface area contributed by atoms with E-state index in [4.69, 9.17) is 4.74 Å². The predicted molar refractivity (Wildman–Crippen MR) is 88.1 cm³/mol. The zero-order chi connectivity index (χ0) is 16.6. The minimum Gasteiger partial charge on any atom is -0.441 e. The first-order valence-electron chi connectivity index (χ1n) is 8.15. The SMILES string of the molecule is O=C1NCC2(CCN(C(=O)c3ccc(-n4cccc4)cc3)CC2)O1. The Hall–Kier alpha value is -2.76. The van der Waals surface area contributed by atoms with Crippen LogP contribution in [-0.2, 0) is 4.74 Å². The molecule has 1 spiro atoms. The largest absolute Gasteiger partial charge is 0.441 e. The van der Waals surface area contributed by atoms with Gasteiger partial charge in [-0.05, 0) is 36.4 Å². The van der Waals surface area contributed by atoms with Gasteiger partial charge in [-0.1, -0.05) is 0 Å². The van der Waals surface area contributed by atoms with Crippen LogP contribution in [0.25, 0.3) is 5.69 Å². The number of hydrogen-bond acceptors (Lipinski definition) is 3. The van der Waals surface area contributed by atoms with Crippen LogP contribution < -0.4 is 5.32 Å². The molecule has 1 aromatic heterocycles. The molecule has 0 bridgehead atoms. The molecular weight excluding hydrogens is 306 g/mol. The minimum absolute atomic E-state index is 0.0289. The van der Waals surface area contributed by atoms with Gasteiger partial charge in [0, 0.05) is 49.6 Å². The predicted octanol–water partition coefficient (Wildman–Crippen LogP) is 2.19. The second kappa shape index (κ2) is 5.70. The number of ether oxygens (including phenoxy) is 1. The Morgan fingerprint density at radius 2 is 1.75 bits per heavy atom. The van der Waals surface area contributed by atoms with Gasteiger partial charge in [0.2, 0.25) is 0 Å². The highest BCUT2D eigenvalue weighted by molar-refractivity contribution is 5.94. The van der Waals surface area contributed by atoms with Crippen LogP contribution in [0.5, 0.6) is 0 Å². The summed E-state index contributed by atoms with van der Waals surface area (Å²) in [5.41, 5.74) is 1.29. The van der Waals surface area contributed by atoms with Gasteiger partial charge < -0.3 is 19.5 Å². The van der Waals surface area contributed by atoms with Gasteiger partial charge in [-0.25, -0.2) is 4.79 Å². The summed E-state index contributed by atoms with van der Waals surface area (Å²) >= 11 is 0. The Balaban J connectivity index is 1.42. The second-order valence-electron chi connectivity index (χ2n) is 6.36. The van der Waals surface area contributed by atoms with E-state index in [1.807, 2.05) is 58.3 Å². The number of rotatable bonds is 2. The number of benzene rings is 1. The van der Waals surface area contributed by atoms with E-state index in [2.05, 4.69) is 5.32 Å². The normalized spacial score (nSPS) is 19.2. The van der Waals surface area contributed by atoms with Gasteiger partial charge in [0.15, 0.2) is 0 Å². The lowest BCUT2D eigenvalue weighted by molar-refractivity contribution is 0.00331. The first-order chi connectivity index (χ1) is 11.7. The molecule has 0 saturated carbocycles. The monoisotopic (exact) mass is 325 g/mol. The summed E-state index contributed by atoms with van der Waals surface area (Å²) in [5, 5.41) is 2.71. The summed E-state index contributed by atoms with van der Waals surface area (Å²) in [6.45, 7) is 1.75. The number of likely N-dealkylation sites (tertiary alicyclic amines) is 1. The maximum absolute atomic E-state index is 12.7. The summed E-state index contributed by atoms with van der Waals surface area (Å²) in [6, 6.07) is 11.5. The first-order valence-corrected chi connectivity index (χ1v) is 8.15. The third-order valence-corrected chi connectivity index (χ3v) is 4.84. The molecule has 124 valence electrons. The molecule has 0 unspecified atom stereocenters. The van der Waals surface area contributed by atoms with Crippen molar-refractivity contribution in [1.29, 1.82) is 0 Å². The molecule has 0 radical (unpaired) electrons. The summed E-state index contributed by atoms with van der Waals surface area (Å²) in [4.78, 5) is 25.8. The molecule has 2 amide bonds. The van der Waals surface area contributed by atoms with E-state index in [0.717, 1.165) is 5.69 Å². The molecule has 1 aromatic carbocycles. The van der Waals surface area contributed by atoms with E-state index < -0.39 is 5.60 Å². The number of carbonyl (C=O) groups excluding carboxylic acids is 2. The average molecular weight is 325 g/mol. The van der Waals surface area contributed by atoms with Crippen molar-refractivity contribution in [2.75, 3.05) is 19.6 Å². The van der Waals surface area contributed by atoms with Gasteiger partial charge in [0.25, 0.3) is 5.91 Å². The minimum atomic E-state index is -0.424. The molecule has 6 heteroatoms. The third-order valence-electron chi connectivity index (χ3n) is 4.84. The zero-order valence-corrected chi connectivity index (χ0v) is 13.3. The molecule has 2 aromatic rings. The Kier molecular flexibility index (Phi) is 3.52. The second-order valence-corrected chi connectivity index (χ2v) is 6.36. The number of nitrogens with one attached hydrogen (secondary N) is 1. The van der Waals surface area contributed by atoms with Gasteiger partial charge in [0.1, 0.15) is 5.60 Å². The highest BCUT2D eigenvalue weighted by Gasteiger charge is 2.43. The van der Waals surface area contributed by atoms with Crippen LogP contribution in [0.1, 0.15) is 23.2 Å². The van der Waals surface area contributed by atoms with Crippen molar-refractivity contribution < 1.29 is 14.3 Å². The van der Waals surface area contributed by atoms with Crippen LogP contribution in [0, 0.1) is 0 Å². The lowest BCUT2D eigenvalue weighted by Gasteiger charge is -2.37. The molecule has 2 fully saturated rings. The molecule has 2 aliphatic rings. The molecule has 2 saturated heterocycles. The van der Waals surface area contributed by atoms with E-state index in [-0.39, 0.29) is 12.0 Å². The molecular formula is C18H19N3O3. The summed E-state index contributed by atoms with van der Waals surface area (Å²) in [7, 11) is 0. The van der Waals surface area contributed by atoms with Gasteiger partial charge in [-0.3, -0.25) is 4.79 Å². The van der Waals surface area contributed by atoms with E-state index in [1.54, 1.807) is 0 Å². The zero-order valence-electron chi connectivity index (χ0n) is 13.3. The smallest absolute Gasteiger partial charge is 0.407 e. The van der Waals surface area contributed by atoms with Crippen LogP contribution in [0.3, 0.4) is 0 Å². The maximum atomic E-state index is 12.7. The highest BCUT2D eigenvalue weighted by atomic mass is 16.6. The van der Waals surface area contributed by atoms with Crippen molar-refractivity contribution in [3.05, 3.63) is 54.4 Å². The number of piperidine rings is 1. The molecule has 4 rings (SSSR count). The molecule has 3 heterocycles. The molecule has 24 heavy (non-hydrogen) atoms. The van der Waals surface area contributed by atoms with Crippen LogP contribution >= 0.6 is 0 Å². The molecule has 6 nitrogen and oxygen atoms in total. The quantitative estimate of drug-likeness (QED) is 0.920. The number of nitrogens with zero attached hydrogens (tertiary/aromatic N) is 2. The van der Waals surface area contributed by atoms with Crippen LogP contribution in [0.4, 0.5) is 4.79 Å². The number of amides is 2. The van der Waals surface area contributed by atoms with Crippen LogP contribution in [0.15, 0.2) is 48.8 Å². The Labute approximate surface area is 140 Å². The van der Waals surface area contributed by atoms with Crippen molar-refractivity contribution in [2.45, 2.75) is 18.4 Å². The first kappa shape index (κ1) is 14.8. The number of alkyl carbamates (subject to hydrolysis) is 1. The van der Waals surface area contributed by atoms with E-state index in [0.29, 0.717) is 38.0 Å². The van der Waals surface area contributed by atoms with Crippen molar-refractivity contribution in [3.63, 3.8) is 0 Å². The van der Waals surface area contributed by atoms with E-state index in [1.165, 1.54) is 0 Å². The highest BCUT2D eigenvalue weighted by Crippen LogP contribution is 2.29. The van der Waals surface area contributed by atoms with Crippen molar-refractivity contribution in [3.8, 4) is 5.69 Å². The summed E-state index contributed by atoms with van der Waals surface area (Å²) in [6.07, 6.45) is 4.95. The number of aromatic nitrogens is 1. The molecule has 0 aliphatic carbocycles. The molecule has 2 aliphatic heterocycles. The van der Waals surface area contributed by atoms with Crippen molar-refractivity contribution >= 4 is 12.0 Å². The number of hydrogen-bond donors (Lipinski definition) is 1. The Morgan fingerprint density at radius 1 is 1.08 bits per heavy atom.